The Hall–Kier alpha value is -1.30. The van der Waals surface area contributed by atoms with Crippen molar-refractivity contribution in [3.63, 3.8) is 0 Å². The molecule has 1 N–H and O–H groups in total. The van der Waals surface area contributed by atoms with Crippen LogP contribution in [0.2, 0.25) is 0 Å². The maximum Gasteiger partial charge on any atom is 0.320 e. The average Bonchev–Trinajstić information content (AvgIpc) is 2.89. The smallest absolute Gasteiger partial charge is 0.320 e. The van der Waals surface area contributed by atoms with Crippen LogP contribution in [0.15, 0.2) is 0 Å². The number of amides is 2. The molecule has 1 aliphatic heterocycles. The van der Waals surface area contributed by atoms with Crippen molar-refractivity contribution in [1.82, 2.24) is 9.80 Å². The van der Waals surface area contributed by atoms with Crippen LogP contribution in [0.4, 0.5) is 4.79 Å². The van der Waals surface area contributed by atoms with Crippen molar-refractivity contribution in [2.75, 3.05) is 26.3 Å². The fourth-order valence-corrected chi connectivity index (χ4v) is 2.62. The van der Waals surface area contributed by atoms with E-state index in [-0.39, 0.29) is 24.7 Å². The summed E-state index contributed by atoms with van der Waals surface area (Å²) < 4.78 is 5.27. The largest absolute Gasteiger partial charge is 0.481 e. The molecule has 0 spiro atoms. The minimum atomic E-state index is -0.898. The summed E-state index contributed by atoms with van der Waals surface area (Å²) in [7, 11) is 0. The number of carboxylic acid groups (broad SMARTS) is 1. The average molecular weight is 286 g/mol. The molecule has 0 saturated carbocycles. The molecule has 0 aliphatic carbocycles. The molecule has 0 aromatic heterocycles. The van der Waals surface area contributed by atoms with E-state index < -0.39 is 11.9 Å². The quantitative estimate of drug-likeness (QED) is 0.806. The van der Waals surface area contributed by atoms with Gasteiger partial charge in [0.15, 0.2) is 0 Å². The van der Waals surface area contributed by atoms with Gasteiger partial charge < -0.3 is 19.6 Å². The number of urea groups is 1. The number of carboxylic acids is 1. The van der Waals surface area contributed by atoms with Crippen molar-refractivity contribution in [3.8, 4) is 0 Å². The van der Waals surface area contributed by atoms with Gasteiger partial charge in [-0.15, -0.1) is 0 Å². The molecule has 1 fully saturated rings. The molecule has 3 atom stereocenters. The van der Waals surface area contributed by atoms with E-state index in [0.29, 0.717) is 19.7 Å². The summed E-state index contributed by atoms with van der Waals surface area (Å²) >= 11 is 0. The summed E-state index contributed by atoms with van der Waals surface area (Å²) in [5, 5.41) is 9.23. The zero-order valence-corrected chi connectivity index (χ0v) is 12.8. The van der Waals surface area contributed by atoms with Crippen LogP contribution < -0.4 is 0 Å². The van der Waals surface area contributed by atoms with Gasteiger partial charge in [0.1, 0.15) is 5.92 Å². The standard InChI is InChI=1S/C14H26N2O4/c1-5-10(4)15(6-2)14(19)16(7-3)12-9-20-8-11(12)13(17)18/h10-12H,5-9H2,1-4H3,(H,17,18). The highest BCUT2D eigenvalue weighted by Gasteiger charge is 2.40. The van der Waals surface area contributed by atoms with Gasteiger partial charge in [0, 0.05) is 19.1 Å². The first kappa shape index (κ1) is 16.8. The molecule has 6 nitrogen and oxygen atoms in total. The Morgan fingerprint density at radius 1 is 1.25 bits per heavy atom. The van der Waals surface area contributed by atoms with Gasteiger partial charge in [0.05, 0.1) is 19.3 Å². The third kappa shape index (κ3) is 3.42. The van der Waals surface area contributed by atoms with Gasteiger partial charge in [-0.25, -0.2) is 4.79 Å². The number of hydrogen-bond donors (Lipinski definition) is 1. The van der Waals surface area contributed by atoms with Crippen molar-refractivity contribution >= 4 is 12.0 Å². The van der Waals surface area contributed by atoms with Crippen molar-refractivity contribution in [2.24, 2.45) is 5.92 Å². The van der Waals surface area contributed by atoms with Crippen LogP contribution in [0.5, 0.6) is 0 Å². The van der Waals surface area contributed by atoms with Crippen molar-refractivity contribution < 1.29 is 19.4 Å². The minimum absolute atomic E-state index is 0.0916. The molecule has 0 aromatic rings. The number of nitrogens with zero attached hydrogens (tertiary/aromatic N) is 2. The van der Waals surface area contributed by atoms with Crippen molar-refractivity contribution in [1.29, 1.82) is 0 Å². The van der Waals surface area contributed by atoms with E-state index >= 15 is 0 Å². The predicted molar refractivity (Wildman–Crippen MR) is 75.6 cm³/mol. The summed E-state index contributed by atoms with van der Waals surface area (Å²) in [6.07, 6.45) is 0.876. The molecule has 0 bridgehead atoms. The number of hydrogen-bond acceptors (Lipinski definition) is 3. The van der Waals surface area contributed by atoms with Gasteiger partial charge in [-0.3, -0.25) is 4.79 Å². The number of aliphatic carboxylic acids is 1. The molecule has 6 heteroatoms. The first-order valence-corrected chi connectivity index (χ1v) is 7.35. The molecule has 1 rings (SSSR count). The Bertz CT molecular complexity index is 348. The lowest BCUT2D eigenvalue weighted by molar-refractivity contribution is -0.142. The first-order valence-electron chi connectivity index (χ1n) is 7.35. The van der Waals surface area contributed by atoms with E-state index in [1.165, 1.54) is 0 Å². The van der Waals surface area contributed by atoms with E-state index in [2.05, 4.69) is 0 Å². The van der Waals surface area contributed by atoms with E-state index in [9.17, 15) is 14.7 Å². The zero-order valence-electron chi connectivity index (χ0n) is 12.8. The monoisotopic (exact) mass is 286 g/mol. The molecule has 2 amide bonds. The molecule has 3 unspecified atom stereocenters. The second kappa shape index (κ2) is 7.47. The highest BCUT2D eigenvalue weighted by atomic mass is 16.5. The fraction of sp³-hybridized carbons (Fsp3) is 0.857. The van der Waals surface area contributed by atoms with Gasteiger partial charge in [-0.1, -0.05) is 6.92 Å². The predicted octanol–water partition coefficient (Wildman–Crippen LogP) is 1.65. The molecule has 0 radical (unpaired) electrons. The zero-order chi connectivity index (χ0) is 15.3. The summed E-state index contributed by atoms with van der Waals surface area (Å²) in [6.45, 7) is 9.45. The Morgan fingerprint density at radius 3 is 2.35 bits per heavy atom. The molecule has 0 aromatic carbocycles. The summed E-state index contributed by atoms with van der Waals surface area (Å²) in [4.78, 5) is 27.3. The van der Waals surface area contributed by atoms with Crippen LogP contribution in [0, 0.1) is 5.92 Å². The maximum absolute atomic E-state index is 12.7. The lowest BCUT2D eigenvalue weighted by Crippen LogP contribution is -2.53. The molecular formula is C14H26N2O4. The van der Waals surface area contributed by atoms with Crippen LogP contribution in [-0.2, 0) is 9.53 Å². The third-order valence-electron chi connectivity index (χ3n) is 4.06. The van der Waals surface area contributed by atoms with Crippen LogP contribution >= 0.6 is 0 Å². The van der Waals surface area contributed by atoms with Crippen LogP contribution in [-0.4, -0.2) is 65.3 Å². The SMILES string of the molecule is CCC(C)N(CC)C(=O)N(CC)C1COCC1C(=O)O. The minimum Gasteiger partial charge on any atom is -0.481 e. The lowest BCUT2D eigenvalue weighted by Gasteiger charge is -2.36. The van der Waals surface area contributed by atoms with Gasteiger partial charge in [-0.05, 0) is 27.2 Å². The van der Waals surface area contributed by atoms with E-state index in [4.69, 9.17) is 4.74 Å². The number of carbonyl (C=O) groups excluding carboxylic acids is 1. The molecule has 1 aliphatic rings. The lowest BCUT2D eigenvalue weighted by atomic mass is 10.0. The van der Waals surface area contributed by atoms with E-state index in [1.54, 1.807) is 9.80 Å². The Morgan fingerprint density at radius 2 is 1.90 bits per heavy atom. The van der Waals surface area contributed by atoms with Crippen molar-refractivity contribution in [2.45, 2.75) is 46.2 Å². The van der Waals surface area contributed by atoms with E-state index in [0.717, 1.165) is 6.42 Å². The molecular weight excluding hydrogens is 260 g/mol. The van der Waals surface area contributed by atoms with Gasteiger partial charge in [-0.2, -0.15) is 0 Å². The topological polar surface area (TPSA) is 70.1 Å². The highest BCUT2D eigenvalue weighted by Crippen LogP contribution is 2.22. The first-order chi connectivity index (χ1) is 9.47. The Balaban J connectivity index is 2.88. The maximum atomic E-state index is 12.7. The fourth-order valence-electron chi connectivity index (χ4n) is 2.62. The van der Waals surface area contributed by atoms with Crippen molar-refractivity contribution in [3.05, 3.63) is 0 Å². The molecule has 20 heavy (non-hydrogen) atoms. The summed E-state index contributed by atoms with van der Waals surface area (Å²) in [6, 6.07) is -0.318. The molecule has 1 heterocycles. The van der Waals surface area contributed by atoms with Gasteiger partial charge in [0.25, 0.3) is 0 Å². The molecule has 116 valence electrons. The Kier molecular flexibility index (Phi) is 6.26. The van der Waals surface area contributed by atoms with Gasteiger partial charge >= 0.3 is 12.0 Å². The van der Waals surface area contributed by atoms with Crippen LogP contribution in [0.25, 0.3) is 0 Å². The van der Waals surface area contributed by atoms with Crippen LogP contribution in [0.3, 0.4) is 0 Å². The second-order valence-electron chi connectivity index (χ2n) is 5.16. The number of likely N-dealkylation sites (N-methyl/N-ethyl adjacent to an activating group) is 1. The number of carbonyl (C=O) groups is 2. The highest BCUT2D eigenvalue weighted by molar-refractivity contribution is 5.77. The number of rotatable bonds is 6. The van der Waals surface area contributed by atoms with E-state index in [1.807, 2.05) is 27.7 Å². The summed E-state index contributed by atoms with van der Waals surface area (Å²) in [5.41, 5.74) is 0. The Labute approximate surface area is 120 Å². The third-order valence-corrected chi connectivity index (χ3v) is 4.06. The molecule has 1 saturated heterocycles. The number of ether oxygens (including phenoxy) is 1. The van der Waals surface area contributed by atoms with Gasteiger partial charge in [0.2, 0.25) is 0 Å². The van der Waals surface area contributed by atoms with Crippen LogP contribution in [0.1, 0.15) is 34.1 Å². The second-order valence-corrected chi connectivity index (χ2v) is 5.16. The normalized spacial score (nSPS) is 23.4. The summed E-state index contributed by atoms with van der Waals surface area (Å²) in [5.74, 6) is -1.53.